The van der Waals surface area contributed by atoms with Crippen LogP contribution >= 0.6 is 11.3 Å². The highest BCUT2D eigenvalue weighted by Crippen LogP contribution is 2.32. The second-order valence-corrected chi connectivity index (χ2v) is 7.80. The average Bonchev–Trinajstić information content (AvgIpc) is 2.93. The fourth-order valence-corrected chi connectivity index (χ4v) is 3.71. The molecule has 122 valence electrons. The number of rotatable bonds is 4. The molecule has 0 radical (unpaired) electrons. The van der Waals surface area contributed by atoms with E-state index in [9.17, 15) is 13.4 Å². The maximum absolute atomic E-state index is 11.1. The summed E-state index contributed by atoms with van der Waals surface area (Å²) in [4.78, 5) is 0. The maximum atomic E-state index is 11.1. The number of fused-ring (bicyclic) bond motifs is 1. The number of nitrogens with zero attached hydrogens (tertiary/aromatic N) is 2. The molecule has 1 aromatic heterocycles. The molecule has 1 aliphatic rings. The summed E-state index contributed by atoms with van der Waals surface area (Å²) < 4.78 is 42.0. The lowest BCUT2D eigenvalue weighted by atomic mass is 9.78. The highest BCUT2D eigenvalue weighted by atomic mass is 32.2. The van der Waals surface area contributed by atoms with Gasteiger partial charge in [-0.15, -0.1) is 5.10 Å². The standard InChI is InChI=1S/C12H13BN2O6S2/c1-6-3-8(20-12-15-14-7(2)22-12)4-9-11(6)10(21-13(9)16)5-23(17,18)19/h3-4,10,16H,5H2,1-2H3,(H,17,18,19). The van der Waals surface area contributed by atoms with Gasteiger partial charge in [-0.2, -0.15) is 8.42 Å². The Labute approximate surface area is 137 Å². The minimum absolute atomic E-state index is 0.366. The number of aromatic nitrogens is 2. The molecule has 1 atom stereocenters. The lowest BCUT2D eigenvalue weighted by molar-refractivity contribution is 0.208. The Hall–Kier alpha value is -1.53. The molecule has 8 nitrogen and oxygen atoms in total. The molecule has 1 aliphatic heterocycles. The highest BCUT2D eigenvalue weighted by molar-refractivity contribution is 7.85. The largest absolute Gasteiger partial charge is 0.492 e. The van der Waals surface area contributed by atoms with Crippen molar-refractivity contribution >= 4 is 34.0 Å². The average molecular weight is 356 g/mol. The van der Waals surface area contributed by atoms with Crippen LogP contribution in [0, 0.1) is 13.8 Å². The minimum atomic E-state index is -4.23. The second kappa shape index (κ2) is 5.84. The molecule has 0 aliphatic carbocycles. The molecule has 0 spiro atoms. The summed E-state index contributed by atoms with van der Waals surface area (Å²) in [6, 6.07) is 3.25. The monoisotopic (exact) mass is 356 g/mol. The van der Waals surface area contributed by atoms with Gasteiger partial charge in [0.25, 0.3) is 15.3 Å². The normalized spacial score (nSPS) is 17.4. The summed E-state index contributed by atoms with van der Waals surface area (Å²) in [5.41, 5.74) is 1.63. The number of ether oxygens (including phenoxy) is 1. The third-order valence-corrected chi connectivity index (χ3v) is 4.79. The fourth-order valence-electron chi connectivity index (χ4n) is 2.53. The van der Waals surface area contributed by atoms with Crippen LogP contribution in [0.4, 0.5) is 0 Å². The molecular weight excluding hydrogens is 343 g/mol. The molecule has 0 saturated heterocycles. The molecule has 0 fully saturated rings. The van der Waals surface area contributed by atoms with Crippen LogP contribution in [0.3, 0.4) is 0 Å². The SMILES string of the molecule is Cc1nnc(Oc2cc(C)c3c(c2)B(O)OC3CS(=O)(=O)O)s1. The van der Waals surface area contributed by atoms with Crippen molar-refractivity contribution in [3.8, 4) is 10.9 Å². The smallest absolute Gasteiger partial charge is 0.430 e. The first-order valence-electron chi connectivity index (χ1n) is 6.64. The van der Waals surface area contributed by atoms with Gasteiger partial charge in [-0.25, -0.2) is 0 Å². The van der Waals surface area contributed by atoms with E-state index in [4.69, 9.17) is 13.9 Å². The van der Waals surface area contributed by atoms with Crippen molar-refractivity contribution in [3.63, 3.8) is 0 Å². The van der Waals surface area contributed by atoms with E-state index in [1.807, 2.05) is 0 Å². The van der Waals surface area contributed by atoms with Crippen molar-refractivity contribution in [1.82, 2.24) is 10.2 Å². The molecule has 1 unspecified atom stereocenters. The Morgan fingerprint density at radius 2 is 2.13 bits per heavy atom. The Bertz CT molecular complexity index is 853. The minimum Gasteiger partial charge on any atom is -0.430 e. The van der Waals surface area contributed by atoms with E-state index in [1.165, 1.54) is 11.3 Å². The summed E-state index contributed by atoms with van der Waals surface area (Å²) in [6.45, 7) is 3.55. The van der Waals surface area contributed by atoms with Gasteiger partial charge in [0.1, 0.15) is 16.5 Å². The highest BCUT2D eigenvalue weighted by Gasteiger charge is 2.38. The zero-order chi connectivity index (χ0) is 16.8. The van der Waals surface area contributed by atoms with Crippen molar-refractivity contribution in [2.24, 2.45) is 0 Å². The zero-order valence-corrected chi connectivity index (χ0v) is 13.9. The van der Waals surface area contributed by atoms with Gasteiger partial charge in [0, 0.05) is 0 Å². The molecule has 0 saturated carbocycles. The van der Waals surface area contributed by atoms with Crippen LogP contribution in [0.25, 0.3) is 0 Å². The number of aryl methyl sites for hydroxylation is 2. The van der Waals surface area contributed by atoms with E-state index in [0.717, 1.165) is 5.01 Å². The molecule has 11 heteroatoms. The topological polar surface area (TPSA) is 119 Å². The summed E-state index contributed by atoms with van der Waals surface area (Å²) >= 11 is 1.28. The molecule has 2 heterocycles. The molecule has 0 amide bonds. The Kier molecular flexibility index (Phi) is 4.15. The quantitative estimate of drug-likeness (QED) is 0.604. The Morgan fingerprint density at radius 3 is 2.74 bits per heavy atom. The predicted octanol–water partition coefficient (Wildman–Crippen LogP) is 0.594. The van der Waals surface area contributed by atoms with Crippen LogP contribution in [0.15, 0.2) is 12.1 Å². The van der Waals surface area contributed by atoms with Crippen molar-refractivity contribution in [3.05, 3.63) is 28.3 Å². The van der Waals surface area contributed by atoms with Gasteiger partial charge in [-0.1, -0.05) is 16.4 Å². The van der Waals surface area contributed by atoms with E-state index < -0.39 is 29.1 Å². The van der Waals surface area contributed by atoms with Crippen molar-refractivity contribution < 1.29 is 27.4 Å². The van der Waals surface area contributed by atoms with Crippen LogP contribution in [0.5, 0.6) is 10.9 Å². The fraction of sp³-hybridized carbons (Fsp3) is 0.333. The van der Waals surface area contributed by atoms with Crippen LogP contribution in [0.2, 0.25) is 0 Å². The van der Waals surface area contributed by atoms with Gasteiger partial charge in [0.05, 0.1) is 6.10 Å². The summed E-state index contributed by atoms with van der Waals surface area (Å²) in [7, 11) is -5.51. The number of hydrogen-bond donors (Lipinski definition) is 2. The van der Waals surface area contributed by atoms with E-state index in [2.05, 4.69) is 10.2 Å². The van der Waals surface area contributed by atoms with Gasteiger partial charge in [-0.05, 0) is 42.6 Å². The second-order valence-electron chi connectivity index (χ2n) is 5.16. The Balaban J connectivity index is 1.94. The first-order valence-corrected chi connectivity index (χ1v) is 9.06. The van der Waals surface area contributed by atoms with E-state index in [0.29, 0.717) is 27.5 Å². The molecule has 2 N–H and O–H groups in total. The van der Waals surface area contributed by atoms with E-state index in [-0.39, 0.29) is 0 Å². The van der Waals surface area contributed by atoms with Gasteiger partial charge >= 0.3 is 7.12 Å². The van der Waals surface area contributed by atoms with Gasteiger partial charge in [-0.3, -0.25) is 4.55 Å². The predicted molar refractivity (Wildman–Crippen MR) is 83.7 cm³/mol. The Morgan fingerprint density at radius 1 is 1.39 bits per heavy atom. The summed E-state index contributed by atoms with van der Waals surface area (Å²) in [6.07, 6.45) is -0.923. The summed E-state index contributed by atoms with van der Waals surface area (Å²) in [5.74, 6) is -0.180. The van der Waals surface area contributed by atoms with E-state index in [1.54, 1.807) is 26.0 Å². The molecule has 3 rings (SSSR count). The van der Waals surface area contributed by atoms with Crippen molar-refractivity contribution in [2.75, 3.05) is 5.75 Å². The van der Waals surface area contributed by atoms with Crippen molar-refractivity contribution in [1.29, 1.82) is 0 Å². The molecule has 2 aromatic rings. The third kappa shape index (κ3) is 3.53. The van der Waals surface area contributed by atoms with Crippen LogP contribution in [-0.4, -0.2) is 41.1 Å². The number of benzene rings is 1. The van der Waals surface area contributed by atoms with E-state index >= 15 is 0 Å². The third-order valence-electron chi connectivity index (χ3n) is 3.35. The molecule has 1 aromatic carbocycles. The molecular formula is C12H13BN2O6S2. The van der Waals surface area contributed by atoms with Crippen molar-refractivity contribution in [2.45, 2.75) is 20.0 Å². The zero-order valence-electron chi connectivity index (χ0n) is 12.3. The van der Waals surface area contributed by atoms with Gasteiger partial charge in [0.2, 0.25) is 0 Å². The maximum Gasteiger partial charge on any atom is 0.492 e. The number of hydrogen-bond acceptors (Lipinski definition) is 8. The molecule has 0 bridgehead atoms. The summed E-state index contributed by atoms with van der Waals surface area (Å²) in [5, 5.41) is 18.8. The first kappa shape index (κ1) is 16.3. The van der Waals surface area contributed by atoms with Crippen LogP contribution in [0.1, 0.15) is 22.2 Å². The van der Waals surface area contributed by atoms with Gasteiger partial charge in [0.15, 0.2) is 0 Å². The van der Waals surface area contributed by atoms with Gasteiger partial charge < -0.3 is 14.4 Å². The first-order chi connectivity index (χ1) is 10.7. The van der Waals surface area contributed by atoms with Crippen LogP contribution < -0.4 is 10.2 Å². The molecule has 23 heavy (non-hydrogen) atoms. The van der Waals surface area contributed by atoms with Crippen LogP contribution in [-0.2, 0) is 14.8 Å². The lowest BCUT2D eigenvalue weighted by Gasteiger charge is -2.13. The lowest BCUT2D eigenvalue weighted by Crippen LogP contribution is -2.28.